The first-order chi connectivity index (χ1) is 13.0. The molecule has 0 spiro atoms. The van der Waals surface area contributed by atoms with E-state index in [1.165, 1.54) is 49.1 Å². The minimum Gasteiger partial charge on any atom is -0.406 e. The Bertz CT molecular complexity index is 703. The van der Waals surface area contributed by atoms with Crippen LogP contribution in [0.5, 0.6) is 0 Å². The molecule has 2 aromatic carbocycles. The van der Waals surface area contributed by atoms with E-state index in [9.17, 15) is 0 Å². The fourth-order valence-electron chi connectivity index (χ4n) is 5.47. The summed E-state index contributed by atoms with van der Waals surface area (Å²) in [5.74, 6) is 0. The predicted octanol–water partition coefficient (Wildman–Crippen LogP) is 4.19. The summed E-state index contributed by atoms with van der Waals surface area (Å²) >= 11 is 0. The lowest BCUT2D eigenvalue weighted by molar-refractivity contribution is 0.108. The maximum Gasteiger partial charge on any atom is 0.261 e. The van der Waals surface area contributed by atoms with E-state index >= 15 is 0 Å². The molecule has 0 saturated carbocycles. The van der Waals surface area contributed by atoms with Crippen LogP contribution >= 0.6 is 0 Å². The summed E-state index contributed by atoms with van der Waals surface area (Å²) in [7, 11) is -2.41. The molecule has 0 aliphatic carbocycles. The molecule has 3 heteroatoms. The van der Waals surface area contributed by atoms with Crippen molar-refractivity contribution in [3.63, 3.8) is 0 Å². The van der Waals surface area contributed by atoms with Crippen molar-refractivity contribution in [2.45, 2.75) is 57.0 Å². The lowest BCUT2D eigenvalue weighted by Gasteiger charge is -2.45. The first-order valence-electron chi connectivity index (χ1n) is 10.5. The zero-order chi connectivity index (χ0) is 19.0. The summed E-state index contributed by atoms with van der Waals surface area (Å²) < 4.78 is 7.25. The van der Waals surface area contributed by atoms with Gasteiger partial charge in [0.05, 0.1) is 6.61 Å². The van der Waals surface area contributed by atoms with Crippen molar-refractivity contribution in [1.82, 2.24) is 4.90 Å². The Balaban J connectivity index is 1.78. The van der Waals surface area contributed by atoms with E-state index in [0.717, 1.165) is 6.61 Å². The van der Waals surface area contributed by atoms with Gasteiger partial charge in [0.25, 0.3) is 8.32 Å². The number of fused-ring (bicyclic) bond motifs is 1. The molecular formula is C24H33NOSi. The molecule has 0 bridgehead atoms. The van der Waals surface area contributed by atoms with Gasteiger partial charge in [-0.3, -0.25) is 4.90 Å². The number of hydrogen-bond acceptors (Lipinski definition) is 2. The molecule has 144 valence electrons. The molecule has 2 aromatic rings. The van der Waals surface area contributed by atoms with E-state index < -0.39 is 8.32 Å². The van der Waals surface area contributed by atoms with Crippen molar-refractivity contribution in [3.8, 4) is 0 Å². The second-order valence-corrected chi connectivity index (χ2v) is 13.7. The van der Waals surface area contributed by atoms with Crippen LogP contribution in [0, 0.1) is 0 Å². The SMILES string of the molecule is CC(C)(C)[Si](OCC12CCCN1CCC2)(c1ccccc1)c1ccccc1. The lowest BCUT2D eigenvalue weighted by Crippen LogP contribution is -2.68. The van der Waals surface area contributed by atoms with Gasteiger partial charge < -0.3 is 4.43 Å². The standard InChI is InChI=1S/C24H33NOSi/c1-23(2,3)27(21-12-6-4-7-13-21,22-14-8-5-9-15-22)26-20-24-16-10-18-25(24)19-11-17-24/h4-9,12-15H,10-11,16-20H2,1-3H3. The van der Waals surface area contributed by atoms with Crippen LogP contribution in [-0.4, -0.2) is 38.5 Å². The third-order valence-corrected chi connectivity index (χ3v) is 11.8. The molecular weight excluding hydrogens is 346 g/mol. The van der Waals surface area contributed by atoms with E-state index in [1.54, 1.807) is 0 Å². The van der Waals surface area contributed by atoms with Gasteiger partial charge in [0, 0.05) is 5.54 Å². The van der Waals surface area contributed by atoms with Gasteiger partial charge in [0.1, 0.15) is 0 Å². The molecule has 2 heterocycles. The Kier molecular flexibility index (Phi) is 5.04. The number of nitrogens with zero attached hydrogens (tertiary/aromatic N) is 1. The van der Waals surface area contributed by atoms with Gasteiger partial charge in [-0.2, -0.15) is 0 Å². The molecule has 0 radical (unpaired) electrons. The Morgan fingerprint density at radius 1 is 0.852 bits per heavy atom. The highest BCUT2D eigenvalue weighted by Crippen LogP contribution is 2.42. The second kappa shape index (κ2) is 7.19. The van der Waals surface area contributed by atoms with Gasteiger partial charge in [0.15, 0.2) is 0 Å². The fraction of sp³-hybridized carbons (Fsp3) is 0.500. The van der Waals surface area contributed by atoms with Crippen LogP contribution < -0.4 is 10.4 Å². The van der Waals surface area contributed by atoms with Gasteiger partial charge >= 0.3 is 0 Å². The molecule has 27 heavy (non-hydrogen) atoms. The number of rotatable bonds is 5. The zero-order valence-corrected chi connectivity index (χ0v) is 18.1. The summed E-state index contributed by atoms with van der Waals surface area (Å²) in [4.78, 5) is 2.71. The molecule has 0 amide bonds. The molecule has 0 unspecified atom stereocenters. The smallest absolute Gasteiger partial charge is 0.261 e. The van der Waals surface area contributed by atoms with Crippen LogP contribution in [0.2, 0.25) is 5.04 Å². The topological polar surface area (TPSA) is 12.5 Å². The summed E-state index contributed by atoms with van der Waals surface area (Å²) in [6.45, 7) is 10.5. The number of hydrogen-bond donors (Lipinski definition) is 0. The van der Waals surface area contributed by atoms with E-state index in [4.69, 9.17) is 4.43 Å². The highest BCUT2D eigenvalue weighted by molar-refractivity contribution is 6.99. The molecule has 2 saturated heterocycles. The van der Waals surface area contributed by atoms with Crippen LogP contribution in [-0.2, 0) is 4.43 Å². The second-order valence-electron chi connectivity index (χ2n) is 9.37. The lowest BCUT2D eigenvalue weighted by atomic mass is 9.95. The van der Waals surface area contributed by atoms with E-state index in [-0.39, 0.29) is 10.6 Å². The van der Waals surface area contributed by atoms with Gasteiger partial charge in [0.2, 0.25) is 0 Å². The van der Waals surface area contributed by atoms with Gasteiger partial charge in [-0.1, -0.05) is 81.4 Å². The van der Waals surface area contributed by atoms with Crippen LogP contribution in [0.25, 0.3) is 0 Å². The van der Waals surface area contributed by atoms with Crippen molar-refractivity contribution in [2.75, 3.05) is 19.7 Å². The predicted molar refractivity (Wildman–Crippen MR) is 116 cm³/mol. The largest absolute Gasteiger partial charge is 0.406 e. The third kappa shape index (κ3) is 3.20. The molecule has 2 fully saturated rings. The average Bonchev–Trinajstić information content (AvgIpc) is 3.23. The monoisotopic (exact) mass is 379 g/mol. The first kappa shape index (κ1) is 18.9. The zero-order valence-electron chi connectivity index (χ0n) is 17.1. The first-order valence-corrected chi connectivity index (χ1v) is 12.4. The van der Waals surface area contributed by atoms with E-state index in [1.807, 2.05) is 0 Å². The fourth-order valence-corrected chi connectivity index (χ4v) is 10.1. The summed E-state index contributed by atoms with van der Waals surface area (Å²) in [6, 6.07) is 22.1. The molecule has 0 N–H and O–H groups in total. The van der Waals surface area contributed by atoms with Gasteiger partial charge in [-0.05, 0) is 54.2 Å². The van der Waals surface area contributed by atoms with Crippen molar-refractivity contribution in [2.24, 2.45) is 0 Å². The van der Waals surface area contributed by atoms with Crippen LogP contribution in [0.3, 0.4) is 0 Å². The van der Waals surface area contributed by atoms with Crippen LogP contribution in [0.15, 0.2) is 60.7 Å². The van der Waals surface area contributed by atoms with Gasteiger partial charge in [-0.15, -0.1) is 0 Å². The summed E-state index contributed by atoms with van der Waals surface area (Å²) in [5, 5.41) is 2.85. The molecule has 2 nitrogen and oxygen atoms in total. The Morgan fingerprint density at radius 3 is 1.78 bits per heavy atom. The quantitative estimate of drug-likeness (QED) is 0.722. The minimum atomic E-state index is -2.41. The van der Waals surface area contributed by atoms with Crippen molar-refractivity contribution in [3.05, 3.63) is 60.7 Å². The minimum absolute atomic E-state index is 0.0639. The van der Waals surface area contributed by atoms with Crippen molar-refractivity contribution >= 4 is 18.7 Å². The summed E-state index contributed by atoms with van der Waals surface area (Å²) in [6.07, 6.45) is 5.24. The Morgan fingerprint density at radius 2 is 1.33 bits per heavy atom. The summed E-state index contributed by atoms with van der Waals surface area (Å²) in [5.41, 5.74) is 0.285. The van der Waals surface area contributed by atoms with Crippen LogP contribution in [0.4, 0.5) is 0 Å². The van der Waals surface area contributed by atoms with Gasteiger partial charge in [-0.25, -0.2) is 0 Å². The molecule has 2 aliphatic heterocycles. The maximum absolute atomic E-state index is 7.25. The highest BCUT2D eigenvalue weighted by Gasteiger charge is 2.53. The average molecular weight is 380 g/mol. The Labute approximate surface area is 165 Å². The molecule has 0 aromatic heterocycles. The molecule has 4 rings (SSSR count). The van der Waals surface area contributed by atoms with Crippen LogP contribution in [0.1, 0.15) is 46.5 Å². The van der Waals surface area contributed by atoms with E-state index in [2.05, 4.69) is 86.3 Å². The Hall–Kier alpha value is -1.42. The normalized spacial score (nSPS) is 20.0. The molecule has 0 atom stereocenters. The molecule has 2 aliphatic rings. The van der Waals surface area contributed by atoms with Crippen molar-refractivity contribution in [1.29, 1.82) is 0 Å². The third-order valence-electron chi connectivity index (χ3n) is 6.79. The van der Waals surface area contributed by atoms with Crippen molar-refractivity contribution < 1.29 is 4.43 Å². The maximum atomic E-state index is 7.25. The van der Waals surface area contributed by atoms with E-state index in [0.29, 0.717) is 0 Å². The highest BCUT2D eigenvalue weighted by atomic mass is 28.4. The number of benzene rings is 2.